The molecule has 1 aliphatic rings. The molecule has 2 aromatic rings. The van der Waals surface area contributed by atoms with Gasteiger partial charge in [-0.3, -0.25) is 9.78 Å². The fraction of sp³-hybridized carbons (Fsp3) is 0.333. The predicted octanol–water partition coefficient (Wildman–Crippen LogP) is 2.98. The van der Waals surface area contributed by atoms with Crippen LogP contribution in [0.25, 0.3) is 0 Å². The van der Waals surface area contributed by atoms with E-state index in [1.165, 1.54) is 12.3 Å². The first-order valence-electron chi connectivity index (χ1n) is 8.05. The second-order valence-corrected chi connectivity index (χ2v) is 5.99. The van der Waals surface area contributed by atoms with E-state index in [1.807, 2.05) is 30.3 Å². The Morgan fingerprint density at radius 3 is 2.64 bits per heavy atom. The monoisotopic (exact) mass is 349 g/mol. The highest BCUT2D eigenvalue weighted by molar-refractivity contribution is 5.94. The lowest BCUT2D eigenvalue weighted by molar-refractivity contribution is -0.138. The number of hydrogen-bond donors (Lipinski definition) is 2. The van der Waals surface area contributed by atoms with Crippen molar-refractivity contribution in [1.29, 1.82) is 0 Å². The Bertz CT molecular complexity index is 734. The second kappa shape index (κ2) is 7.23. The Morgan fingerprint density at radius 2 is 1.92 bits per heavy atom. The van der Waals surface area contributed by atoms with Crippen LogP contribution in [0, 0.1) is 0 Å². The van der Waals surface area contributed by atoms with Gasteiger partial charge in [0.15, 0.2) is 0 Å². The Balaban J connectivity index is 1.82. The molecule has 3 rings (SSSR count). The molecule has 0 radical (unpaired) electrons. The topological polar surface area (TPSA) is 54.0 Å². The zero-order chi connectivity index (χ0) is 17.9. The van der Waals surface area contributed by atoms with Gasteiger partial charge in [0, 0.05) is 24.7 Å². The van der Waals surface area contributed by atoms with Gasteiger partial charge in [0.25, 0.3) is 5.91 Å². The first-order chi connectivity index (χ1) is 12.0. The number of hydrogen-bond acceptors (Lipinski definition) is 3. The summed E-state index contributed by atoms with van der Waals surface area (Å²) in [5, 5.41) is 6.02. The molecule has 1 saturated heterocycles. The second-order valence-electron chi connectivity index (χ2n) is 5.99. The third-order valence-electron chi connectivity index (χ3n) is 4.35. The van der Waals surface area contributed by atoms with Gasteiger partial charge >= 0.3 is 6.18 Å². The molecule has 1 aromatic heterocycles. The minimum Gasteiger partial charge on any atom is -0.347 e. The number of amides is 1. The van der Waals surface area contributed by atoms with Crippen molar-refractivity contribution < 1.29 is 18.0 Å². The van der Waals surface area contributed by atoms with Gasteiger partial charge in [-0.05, 0) is 30.7 Å². The minimum atomic E-state index is -4.62. The molecular weight excluding hydrogens is 331 g/mol. The average molecular weight is 349 g/mol. The summed E-state index contributed by atoms with van der Waals surface area (Å²) >= 11 is 0. The van der Waals surface area contributed by atoms with Crippen LogP contribution >= 0.6 is 0 Å². The third kappa shape index (κ3) is 3.99. The number of rotatable bonds is 3. The van der Waals surface area contributed by atoms with E-state index < -0.39 is 23.3 Å². The SMILES string of the molecule is O=C(N[C@@H]1CCNC[C@@H]1c1ccccc1)c1ncccc1C(F)(F)F. The van der Waals surface area contributed by atoms with Crippen LogP contribution in [0.1, 0.15) is 34.0 Å². The maximum absolute atomic E-state index is 13.1. The number of alkyl halides is 3. The number of carbonyl (C=O) groups excluding carboxylic acids is 1. The predicted molar refractivity (Wildman–Crippen MR) is 87.2 cm³/mol. The van der Waals surface area contributed by atoms with Crippen molar-refractivity contribution in [3.63, 3.8) is 0 Å². The molecule has 1 amide bonds. The molecule has 2 atom stereocenters. The number of halogens is 3. The third-order valence-corrected chi connectivity index (χ3v) is 4.35. The number of benzene rings is 1. The molecule has 2 N–H and O–H groups in total. The Labute approximate surface area is 143 Å². The molecule has 132 valence electrons. The maximum Gasteiger partial charge on any atom is 0.418 e. The smallest absolute Gasteiger partial charge is 0.347 e. The number of nitrogens with zero attached hydrogens (tertiary/aromatic N) is 1. The van der Waals surface area contributed by atoms with Gasteiger partial charge in [-0.2, -0.15) is 13.2 Å². The van der Waals surface area contributed by atoms with Crippen molar-refractivity contribution in [2.24, 2.45) is 0 Å². The van der Waals surface area contributed by atoms with Crippen LogP contribution in [0.4, 0.5) is 13.2 Å². The summed E-state index contributed by atoms with van der Waals surface area (Å²) in [5.74, 6) is -0.794. The summed E-state index contributed by atoms with van der Waals surface area (Å²) in [6, 6.07) is 11.4. The normalized spacial score (nSPS) is 20.9. The number of pyridine rings is 1. The van der Waals surface area contributed by atoms with Crippen molar-refractivity contribution in [3.05, 3.63) is 65.5 Å². The standard InChI is InChI=1S/C18H18F3N3O/c19-18(20,21)14-7-4-9-23-16(14)17(25)24-15-8-10-22-11-13(15)12-5-2-1-3-6-12/h1-7,9,13,15,22H,8,10-11H2,(H,24,25)/t13-,15-/m1/s1. The average Bonchev–Trinajstić information content (AvgIpc) is 2.62. The van der Waals surface area contributed by atoms with E-state index in [9.17, 15) is 18.0 Å². The van der Waals surface area contributed by atoms with Crippen molar-refractivity contribution in [3.8, 4) is 0 Å². The highest BCUT2D eigenvalue weighted by Gasteiger charge is 2.37. The number of nitrogens with one attached hydrogen (secondary N) is 2. The molecule has 0 spiro atoms. The van der Waals surface area contributed by atoms with E-state index in [0.717, 1.165) is 11.6 Å². The van der Waals surface area contributed by atoms with Crippen molar-refractivity contribution in [2.75, 3.05) is 13.1 Å². The lowest BCUT2D eigenvalue weighted by Crippen LogP contribution is -2.48. The first-order valence-corrected chi connectivity index (χ1v) is 8.05. The molecule has 0 saturated carbocycles. The molecule has 0 bridgehead atoms. The highest BCUT2D eigenvalue weighted by Crippen LogP contribution is 2.31. The number of aromatic nitrogens is 1. The Hall–Kier alpha value is -2.41. The summed E-state index contributed by atoms with van der Waals surface area (Å²) in [7, 11) is 0. The summed E-state index contributed by atoms with van der Waals surface area (Å²) in [6.07, 6.45) is -2.78. The first kappa shape index (κ1) is 17.4. The Kier molecular flexibility index (Phi) is 5.03. The zero-order valence-corrected chi connectivity index (χ0v) is 13.4. The van der Waals surface area contributed by atoms with Crippen LogP contribution < -0.4 is 10.6 Å². The van der Waals surface area contributed by atoms with Crippen molar-refractivity contribution >= 4 is 5.91 Å². The molecular formula is C18H18F3N3O. The Morgan fingerprint density at radius 1 is 1.16 bits per heavy atom. The van der Waals surface area contributed by atoms with E-state index in [2.05, 4.69) is 15.6 Å². The lowest BCUT2D eigenvalue weighted by Gasteiger charge is -2.33. The summed E-state index contributed by atoms with van der Waals surface area (Å²) in [6.45, 7) is 1.35. The van der Waals surface area contributed by atoms with Crippen LogP contribution in [0.15, 0.2) is 48.7 Å². The van der Waals surface area contributed by atoms with Gasteiger partial charge in [-0.15, -0.1) is 0 Å². The summed E-state index contributed by atoms with van der Waals surface area (Å²) in [5.41, 5.74) is -0.560. The van der Waals surface area contributed by atoms with E-state index in [-0.39, 0.29) is 12.0 Å². The van der Waals surface area contributed by atoms with Crippen LogP contribution in [0.3, 0.4) is 0 Å². The minimum absolute atomic E-state index is 0.00283. The van der Waals surface area contributed by atoms with Gasteiger partial charge in [0.1, 0.15) is 5.69 Å². The molecule has 1 aromatic carbocycles. The highest BCUT2D eigenvalue weighted by atomic mass is 19.4. The fourth-order valence-electron chi connectivity index (χ4n) is 3.13. The van der Waals surface area contributed by atoms with E-state index in [1.54, 1.807) is 0 Å². The molecule has 2 heterocycles. The van der Waals surface area contributed by atoms with Crippen LogP contribution in [-0.4, -0.2) is 30.0 Å². The lowest BCUT2D eigenvalue weighted by atomic mass is 9.87. The maximum atomic E-state index is 13.1. The molecule has 1 fully saturated rings. The van der Waals surface area contributed by atoms with Crippen LogP contribution in [-0.2, 0) is 6.18 Å². The van der Waals surface area contributed by atoms with Gasteiger partial charge in [-0.1, -0.05) is 30.3 Å². The van der Waals surface area contributed by atoms with E-state index in [0.29, 0.717) is 19.5 Å². The van der Waals surface area contributed by atoms with Gasteiger partial charge in [-0.25, -0.2) is 0 Å². The fourth-order valence-corrected chi connectivity index (χ4v) is 3.13. The van der Waals surface area contributed by atoms with Gasteiger partial charge in [0.05, 0.1) is 5.56 Å². The molecule has 0 unspecified atom stereocenters. The molecule has 7 heteroatoms. The van der Waals surface area contributed by atoms with Crippen LogP contribution in [0.2, 0.25) is 0 Å². The van der Waals surface area contributed by atoms with Crippen LogP contribution in [0.5, 0.6) is 0 Å². The van der Waals surface area contributed by atoms with E-state index >= 15 is 0 Å². The summed E-state index contributed by atoms with van der Waals surface area (Å²) in [4.78, 5) is 16.1. The van der Waals surface area contributed by atoms with E-state index in [4.69, 9.17) is 0 Å². The van der Waals surface area contributed by atoms with Crippen molar-refractivity contribution in [1.82, 2.24) is 15.6 Å². The van der Waals surface area contributed by atoms with Crippen molar-refractivity contribution in [2.45, 2.75) is 24.6 Å². The molecule has 0 aliphatic carbocycles. The van der Waals surface area contributed by atoms with Gasteiger partial charge in [0.2, 0.25) is 0 Å². The molecule has 25 heavy (non-hydrogen) atoms. The number of piperidine rings is 1. The quantitative estimate of drug-likeness (QED) is 0.896. The summed E-state index contributed by atoms with van der Waals surface area (Å²) < 4.78 is 39.3. The number of carbonyl (C=O) groups is 1. The molecule has 1 aliphatic heterocycles. The molecule has 4 nitrogen and oxygen atoms in total. The van der Waals surface area contributed by atoms with Gasteiger partial charge < -0.3 is 10.6 Å². The zero-order valence-electron chi connectivity index (χ0n) is 13.4. The largest absolute Gasteiger partial charge is 0.418 e.